The number of amides is 1. The van der Waals surface area contributed by atoms with Gasteiger partial charge in [-0.05, 0) is 19.4 Å². The molecule has 1 rings (SSSR count). The number of carbonyl (C=O) groups excluding carboxylic acids is 1. The van der Waals surface area contributed by atoms with Crippen molar-refractivity contribution in [2.24, 2.45) is 0 Å². The monoisotopic (exact) mass is 180 g/mol. The number of hydrogen-bond donors (Lipinski definition) is 2. The Labute approximate surface area is 74.3 Å². The molecule has 1 aliphatic heterocycles. The summed E-state index contributed by atoms with van der Waals surface area (Å²) in [6, 6.07) is 0.0787. The van der Waals surface area contributed by atoms with Gasteiger partial charge in [0.1, 0.15) is 0 Å². The van der Waals surface area contributed by atoms with Crippen LogP contribution in [-0.4, -0.2) is 25.5 Å². The number of hydrogen-bond acceptors (Lipinski definition) is 2. The van der Waals surface area contributed by atoms with Crippen LogP contribution in [0.1, 0.15) is 20.3 Å². The average molecular weight is 181 g/mol. The molecule has 1 amide bonds. The van der Waals surface area contributed by atoms with Gasteiger partial charge in [-0.25, -0.2) is 0 Å². The lowest BCUT2D eigenvalue weighted by Crippen LogP contribution is -2.38. The summed E-state index contributed by atoms with van der Waals surface area (Å²) in [6.45, 7) is 0.984. The first kappa shape index (κ1) is 13.3. The summed E-state index contributed by atoms with van der Waals surface area (Å²) in [5, 5.41) is 5.70. The third-order valence-corrected chi connectivity index (χ3v) is 1.62. The highest BCUT2D eigenvalue weighted by Gasteiger charge is 2.19. The van der Waals surface area contributed by atoms with E-state index in [1.54, 1.807) is 7.05 Å². The van der Waals surface area contributed by atoms with Gasteiger partial charge in [0.05, 0.1) is 6.04 Å². The van der Waals surface area contributed by atoms with Crippen LogP contribution in [0.15, 0.2) is 0 Å². The number of rotatable bonds is 1. The molecule has 0 radical (unpaired) electrons. The second kappa shape index (κ2) is 6.43. The molecule has 3 nitrogen and oxygen atoms in total. The molecule has 0 aromatic heterocycles. The number of nitrogens with one attached hydrogen (secondary N) is 2. The zero-order valence-corrected chi connectivity index (χ0v) is 6.83. The van der Waals surface area contributed by atoms with E-state index in [2.05, 4.69) is 10.6 Å². The van der Waals surface area contributed by atoms with Crippen molar-refractivity contribution in [1.82, 2.24) is 10.6 Å². The van der Waals surface area contributed by atoms with Crippen molar-refractivity contribution in [2.75, 3.05) is 13.6 Å². The van der Waals surface area contributed by atoms with Crippen molar-refractivity contribution in [3.63, 3.8) is 0 Å². The highest BCUT2D eigenvalue weighted by atomic mass is 35.5. The zero-order chi connectivity index (χ0) is 6.69. The number of likely N-dealkylation sites (N-methyl/N-ethyl adjacent to an activating group) is 1. The van der Waals surface area contributed by atoms with E-state index in [9.17, 15) is 4.79 Å². The molecule has 1 aliphatic rings. The van der Waals surface area contributed by atoms with Crippen LogP contribution in [0.2, 0.25) is 0 Å². The third-order valence-electron chi connectivity index (χ3n) is 1.62. The maximum Gasteiger partial charge on any atom is 0.236 e. The molecule has 0 aromatic carbocycles. The Kier molecular flexibility index (Phi) is 7.79. The molecular formula is C7H17ClN2O. The van der Waals surface area contributed by atoms with E-state index >= 15 is 0 Å². The topological polar surface area (TPSA) is 41.1 Å². The second-order valence-electron chi connectivity index (χ2n) is 2.26. The summed E-state index contributed by atoms with van der Waals surface area (Å²) >= 11 is 0. The summed E-state index contributed by atoms with van der Waals surface area (Å²) in [6.07, 6.45) is 2.11. The van der Waals surface area contributed by atoms with Crippen LogP contribution in [0.5, 0.6) is 0 Å². The summed E-state index contributed by atoms with van der Waals surface area (Å²) in [5.74, 6) is 0.118. The molecule has 1 heterocycles. The summed E-state index contributed by atoms with van der Waals surface area (Å²) in [4.78, 5) is 10.8. The first-order valence-electron chi connectivity index (χ1n) is 3.29. The van der Waals surface area contributed by atoms with Gasteiger partial charge in [-0.3, -0.25) is 4.79 Å². The van der Waals surface area contributed by atoms with Crippen LogP contribution in [0.25, 0.3) is 0 Å². The molecule has 1 fully saturated rings. The van der Waals surface area contributed by atoms with Gasteiger partial charge in [-0.15, -0.1) is 12.4 Å². The van der Waals surface area contributed by atoms with Crippen LogP contribution in [-0.2, 0) is 4.79 Å². The first-order chi connectivity index (χ1) is 4.34. The molecule has 1 saturated heterocycles. The number of halogens is 1. The third kappa shape index (κ3) is 3.58. The molecule has 4 heteroatoms. The minimum absolute atomic E-state index is 0. The molecule has 2 N–H and O–H groups in total. The van der Waals surface area contributed by atoms with Gasteiger partial charge in [0, 0.05) is 7.05 Å². The van der Waals surface area contributed by atoms with Crippen molar-refractivity contribution >= 4 is 18.3 Å². The van der Waals surface area contributed by atoms with Gasteiger partial charge in [0.25, 0.3) is 0 Å². The highest BCUT2D eigenvalue weighted by molar-refractivity contribution is 5.85. The van der Waals surface area contributed by atoms with Gasteiger partial charge >= 0.3 is 0 Å². The minimum Gasteiger partial charge on any atom is -0.358 e. The second-order valence-corrected chi connectivity index (χ2v) is 2.26. The summed E-state index contributed by atoms with van der Waals surface area (Å²) < 4.78 is 0. The molecule has 0 aromatic rings. The van der Waals surface area contributed by atoms with Crippen molar-refractivity contribution in [1.29, 1.82) is 0 Å². The Morgan fingerprint density at radius 3 is 2.64 bits per heavy atom. The fraction of sp³-hybridized carbons (Fsp3) is 0.857. The lowest BCUT2D eigenvalue weighted by atomic mass is 10.2. The Bertz CT molecular complexity index is 113. The average Bonchev–Trinajstić information content (AvgIpc) is 2.37. The van der Waals surface area contributed by atoms with E-state index in [-0.39, 0.29) is 31.8 Å². The van der Waals surface area contributed by atoms with Gasteiger partial charge in [0.15, 0.2) is 0 Å². The highest BCUT2D eigenvalue weighted by Crippen LogP contribution is 2.03. The van der Waals surface area contributed by atoms with E-state index < -0.39 is 0 Å². The molecule has 1 atom stereocenters. The van der Waals surface area contributed by atoms with Crippen molar-refractivity contribution in [3.05, 3.63) is 0 Å². The van der Waals surface area contributed by atoms with Crippen molar-refractivity contribution < 1.29 is 4.79 Å². The normalized spacial score (nSPS) is 21.4. The maximum absolute atomic E-state index is 10.8. The van der Waals surface area contributed by atoms with Crippen LogP contribution in [0.3, 0.4) is 0 Å². The predicted octanol–water partition coefficient (Wildman–Crippen LogP) is 0.542. The van der Waals surface area contributed by atoms with Crippen LogP contribution < -0.4 is 10.6 Å². The van der Waals surface area contributed by atoms with Crippen LogP contribution in [0, 0.1) is 0 Å². The lowest BCUT2D eigenvalue weighted by Gasteiger charge is -2.05. The standard InChI is InChI=1S/C6H12N2O.CH4.ClH/c1-7-6(9)5-3-2-4-8-5;;/h5,8H,2-4H2,1H3,(H,7,9);1H4;1H/t5-;;/m0../s1. The fourth-order valence-electron chi connectivity index (χ4n) is 1.08. The minimum atomic E-state index is 0. The first-order valence-corrected chi connectivity index (χ1v) is 3.29. The Hall–Kier alpha value is -0.280. The van der Waals surface area contributed by atoms with E-state index in [1.807, 2.05) is 0 Å². The Morgan fingerprint density at radius 2 is 2.27 bits per heavy atom. The van der Waals surface area contributed by atoms with Gasteiger partial charge in [0.2, 0.25) is 5.91 Å². The zero-order valence-electron chi connectivity index (χ0n) is 6.02. The van der Waals surface area contributed by atoms with Crippen LogP contribution in [0.4, 0.5) is 0 Å². The quantitative estimate of drug-likeness (QED) is 0.619. The molecule has 68 valence electrons. The smallest absolute Gasteiger partial charge is 0.236 e. The van der Waals surface area contributed by atoms with Crippen molar-refractivity contribution in [2.45, 2.75) is 26.3 Å². The summed E-state index contributed by atoms with van der Waals surface area (Å²) in [5.41, 5.74) is 0. The molecule has 0 spiro atoms. The SMILES string of the molecule is C.CNC(=O)[C@@H]1CCCN1.Cl. The number of carbonyl (C=O) groups is 1. The molecular weight excluding hydrogens is 164 g/mol. The van der Waals surface area contributed by atoms with Crippen molar-refractivity contribution in [3.8, 4) is 0 Å². The fourth-order valence-corrected chi connectivity index (χ4v) is 1.08. The Morgan fingerprint density at radius 1 is 1.64 bits per heavy atom. The Balaban J connectivity index is 0. The van der Waals surface area contributed by atoms with E-state index in [0.717, 1.165) is 19.4 Å². The lowest BCUT2D eigenvalue weighted by molar-refractivity contribution is -0.122. The molecule has 0 aliphatic carbocycles. The van der Waals surface area contributed by atoms with E-state index in [4.69, 9.17) is 0 Å². The van der Waals surface area contributed by atoms with E-state index in [1.165, 1.54) is 0 Å². The maximum atomic E-state index is 10.8. The van der Waals surface area contributed by atoms with Crippen LogP contribution >= 0.6 is 12.4 Å². The summed E-state index contributed by atoms with van der Waals surface area (Å²) in [7, 11) is 1.67. The molecule has 0 saturated carbocycles. The van der Waals surface area contributed by atoms with Gasteiger partial charge in [-0.1, -0.05) is 7.43 Å². The predicted molar refractivity (Wildman–Crippen MR) is 49.1 cm³/mol. The molecule has 0 unspecified atom stereocenters. The molecule has 0 bridgehead atoms. The molecule has 11 heavy (non-hydrogen) atoms. The largest absolute Gasteiger partial charge is 0.358 e. The van der Waals surface area contributed by atoms with E-state index in [0.29, 0.717) is 0 Å². The van der Waals surface area contributed by atoms with Gasteiger partial charge < -0.3 is 10.6 Å². The van der Waals surface area contributed by atoms with Gasteiger partial charge in [-0.2, -0.15) is 0 Å².